The molecule has 0 spiro atoms. The van der Waals surface area contributed by atoms with Gasteiger partial charge in [0.15, 0.2) is 0 Å². The molecule has 0 radical (unpaired) electrons. The van der Waals surface area contributed by atoms with Gasteiger partial charge in [0.2, 0.25) is 0 Å². The lowest BCUT2D eigenvalue weighted by Crippen LogP contribution is -2.54. The van der Waals surface area contributed by atoms with E-state index in [1.54, 1.807) is 30.3 Å². The number of halogens is 1. The number of amides is 4. The van der Waals surface area contributed by atoms with Crippen LogP contribution in [0.4, 0.5) is 10.5 Å². The Labute approximate surface area is 182 Å². The van der Waals surface area contributed by atoms with Crippen LogP contribution in [0.2, 0.25) is 0 Å². The minimum absolute atomic E-state index is 0.0742. The van der Waals surface area contributed by atoms with Gasteiger partial charge in [-0.15, -0.1) is 0 Å². The highest BCUT2D eigenvalue weighted by Gasteiger charge is 2.37. The second-order valence-corrected chi connectivity index (χ2v) is 8.42. The first kappa shape index (κ1) is 20.6. The molecule has 1 N–H and O–H groups in total. The molecule has 2 saturated heterocycles. The standard InChI is InChI=1S/C22H22BrN3O4/c1-13-10-15(14(2)25(13)12-18-4-3-9-30-18)11-19-20(27)24-22(29)26(21(19)28)17-7-5-16(23)6-8-17/h5-8,10-11,18H,3-4,9,12H2,1-2H3,(H,24,27,29)/b19-11+/t18-/m0/s1. The zero-order valence-electron chi connectivity index (χ0n) is 16.8. The fraction of sp³-hybridized carbons (Fsp3) is 0.318. The molecule has 156 valence electrons. The highest BCUT2D eigenvalue weighted by atomic mass is 79.9. The maximum atomic E-state index is 13.1. The van der Waals surface area contributed by atoms with Crippen molar-refractivity contribution in [1.29, 1.82) is 0 Å². The normalized spacial score (nSPS) is 20.9. The van der Waals surface area contributed by atoms with E-state index in [-0.39, 0.29) is 11.7 Å². The van der Waals surface area contributed by atoms with E-state index in [4.69, 9.17) is 4.74 Å². The van der Waals surface area contributed by atoms with Crippen LogP contribution in [0.25, 0.3) is 6.08 Å². The van der Waals surface area contributed by atoms with Crippen LogP contribution in [0.5, 0.6) is 0 Å². The number of urea groups is 1. The lowest BCUT2D eigenvalue weighted by molar-refractivity contribution is -0.122. The molecule has 2 aliphatic heterocycles. The molecule has 4 amide bonds. The summed E-state index contributed by atoms with van der Waals surface area (Å²) in [4.78, 5) is 38.8. The van der Waals surface area contributed by atoms with Gasteiger partial charge in [-0.05, 0) is 68.7 Å². The SMILES string of the molecule is Cc1cc(/C=C2\C(=O)NC(=O)N(c3ccc(Br)cc3)C2=O)c(C)n1C[C@@H]1CCCO1. The number of ether oxygens (including phenoxy) is 1. The summed E-state index contributed by atoms with van der Waals surface area (Å²) in [6, 6.07) is 7.93. The largest absolute Gasteiger partial charge is 0.376 e. The number of aryl methyl sites for hydroxylation is 1. The van der Waals surface area contributed by atoms with Crippen LogP contribution in [-0.4, -0.2) is 35.1 Å². The topological polar surface area (TPSA) is 80.6 Å². The Bertz CT molecular complexity index is 1050. The molecular weight excluding hydrogens is 450 g/mol. The van der Waals surface area contributed by atoms with Crippen LogP contribution in [-0.2, 0) is 20.9 Å². The summed E-state index contributed by atoms with van der Waals surface area (Å²) in [6.07, 6.45) is 3.83. The number of hydrogen-bond donors (Lipinski definition) is 1. The van der Waals surface area contributed by atoms with Crippen LogP contribution >= 0.6 is 15.9 Å². The zero-order chi connectivity index (χ0) is 21.4. The Hall–Kier alpha value is -2.71. The van der Waals surface area contributed by atoms with Crippen molar-refractivity contribution in [3.8, 4) is 0 Å². The van der Waals surface area contributed by atoms with Crippen molar-refractivity contribution in [2.75, 3.05) is 11.5 Å². The summed E-state index contributed by atoms with van der Waals surface area (Å²) in [6.45, 7) is 5.47. The molecule has 4 rings (SSSR count). The van der Waals surface area contributed by atoms with Crippen LogP contribution in [0, 0.1) is 13.8 Å². The van der Waals surface area contributed by atoms with E-state index in [1.165, 1.54) is 0 Å². The van der Waals surface area contributed by atoms with Crippen LogP contribution < -0.4 is 10.2 Å². The molecule has 0 saturated carbocycles. The summed E-state index contributed by atoms with van der Waals surface area (Å²) in [5, 5.41) is 2.26. The summed E-state index contributed by atoms with van der Waals surface area (Å²) in [5.41, 5.74) is 3.06. The van der Waals surface area contributed by atoms with E-state index >= 15 is 0 Å². The molecule has 1 aromatic carbocycles. The fourth-order valence-corrected chi connectivity index (χ4v) is 4.15. The minimum Gasteiger partial charge on any atom is -0.376 e. The molecule has 0 bridgehead atoms. The predicted octanol–water partition coefficient (Wildman–Crippen LogP) is 3.71. The van der Waals surface area contributed by atoms with Gasteiger partial charge in [0.05, 0.1) is 11.8 Å². The molecular formula is C22H22BrN3O4. The maximum Gasteiger partial charge on any atom is 0.335 e. The number of carbonyl (C=O) groups is 3. The number of imide groups is 2. The first-order valence-corrected chi connectivity index (χ1v) is 10.6. The third-order valence-electron chi connectivity index (χ3n) is 5.51. The first-order valence-electron chi connectivity index (χ1n) is 9.80. The van der Waals surface area contributed by atoms with Gasteiger partial charge < -0.3 is 9.30 Å². The number of carbonyl (C=O) groups excluding carboxylic acids is 3. The number of nitrogens with zero attached hydrogens (tertiary/aromatic N) is 2. The highest BCUT2D eigenvalue weighted by molar-refractivity contribution is 9.10. The van der Waals surface area contributed by atoms with Gasteiger partial charge in [-0.2, -0.15) is 0 Å². The molecule has 0 unspecified atom stereocenters. The van der Waals surface area contributed by atoms with E-state index in [0.717, 1.165) is 52.3 Å². The van der Waals surface area contributed by atoms with Gasteiger partial charge in [0, 0.05) is 29.0 Å². The average Bonchev–Trinajstić information content (AvgIpc) is 3.30. The highest BCUT2D eigenvalue weighted by Crippen LogP contribution is 2.26. The van der Waals surface area contributed by atoms with Crippen molar-refractivity contribution >= 4 is 45.5 Å². The van der Waals surface area contributed by atoms with Crippen molar-refractivity contribution < 1.29 is 19.1 Å². The van der Waals surface area contributed by atoms with E-state index in [9.17, 15) is 14.4 Å². The van der Waals surface area contributed by atoms with Gasteiger partial charge in [0.1, 0.15) is 5.57 Å². The lowest BCUT2D eigenvalue weighted by Gasteiger charge is -2.26. The smallest absolute Gasteiger partial charge is 0.335 e. The molecule has 30 heavy (non-hydrogen) atoms. The van der Waals surface area contributed by atoms with Gasteiger partial charge in [-0.25, -0.2) is 9.69 Å². The molecule has 2 aromatic rings. The number of rotatable bonds is 4. The molecule has 7 nitrogen and oxygen atoms in total. The molecule has 1 atom stereocenters. The second-order valence-electron chi connectivity index (χ2n) is 7.51. The monoisotopic (exact) mass is 471 g/mol. The molecule has 1 aromatic heterocycles. The lowest BCUT2D eigenvalue weighted by atomic mass is 10.1. The number of anilines is 1. The summed E-state index contributed by atoms with van der Waals surface area (Å²) >= 11 is 3.33. The van der Waals surface area contributed by atoms with Crippen LogP contribution in [0.3, 0.4) is 0 Å². The number of nitrogens with one attached hydrogen (secondary N) is 1. The van der Waals surface area contributed by atoms with Crippen molar-refractivity contribution in [3.63, 3.8) is 0 Å². The first-order chi connectivity index (χ1) is 14.3. The van der Waals surface area contributed by atoms with Crippen molar-refractivity contribution in [3.05, 3.63) is 57.3 Å². The summed E-state index contributed by atoms with van der Waals surface area (Å²) < 4.78 is 8.71. The van der Waals surface area contributed by atoms with E-state index in [1.807, 2.05) is 19.9 Å². The predicted molar refractivity (Wildman–Crippen MR) is 116 cm³/mol. The Kier molecular flexibility index (Phi) is 5.62. The van der Waals surface area contributed by atoms with Crippen LogP contribution in [0.15, 0.2) is 40.4 Å². The number of hydrogen-bond acceptors (Lipinski definition) is 4. The minimum atomic E-state index is -0.756. The number of aromatic nitrogens is 1. The van der Waals surface area contributed by atoms with Crippen molar-refractivity contribution in [1.82, 2.24) is 9.88 Å². The van der Waals surface area contributed by atoms with Gasteiger partial charge in [-0.1, -0.05) is 15.9 Å². The molecule has 2 fully saturated rings. The van der Waals surface area contributed by atoms with Crippen LogP contribution in [0.1, 0.15) is 29.8 Å². The van der Waals surface area contributed by atoms with E-state index in [0.29, 0.717) is 5.69 Å². The number of benzene rings is 1. The Morgan fingerprint density at radius 2 is 1.93 bits per heavy atom. The summed E-state index contributed by atoms with van der Waals surface area (Å²) in [7, 11) is 0. The zero-order valence-corrected chi connectivity index (χ0v) is 18.4. The van der Waals surface area contributed by atoms with Gasteiger partial charge in [-0.3, -0.25) is 14.9 Å². The van der Waals surface area contributed by atoms with E-state index < -0.39 is 17.8 Å². The fourth-order valence-electron chi connectivity index (χ4n) is 3.88. The molecule has 3 heterocycles. The van der Waals surface area contributed by atoms with E-state index in [2.05, 4.69) is 25.8 Å². The summed E-state index contributed by atoms with van der Waals surface area (Å²) in [5.74, 6) is -1.34. The molecule has 0 aliphatic carbocycles. The molecule has 8 heteroatoms. The Morgan fingerprint density at radius 1 is 1.20 bits per heavy atom. The second kappa shape index (κ2) is 8.20. The van der Waals surface area contributed by atoms with Gasteiger partial charge in [0.25, 0.3) is 11.8 Å². The van der Waals surface area contributed by atoms with Crippen molar-refractivity contribution in [2.24, 2.45) is 0 Å². The maximum absolute atomic E-state index is 13.1. The quantitative estimate of drug-likeness (QED) is 0.544. The third kappa shape index (κ3) is 3.85. The van der Waals surface area contributed by atoms with Crippen molar-refractivity contribution in [2.45, 2.75) is 39.3 Å². The van der Waals surface area contributed by atoms with Gasteiger partial charge >= 0.3 is 6.03 Å². The Morgan fingerprint density at radius 3 is 2.60 bits per heavy atom. The molecule has 2 aliphatic rings. The third-order valence-corrected chi connectivity index (χ3v) is 6.04. The average molecular weight is 472 g/mol. The number of barbiturate groups is 1. The Balaban J connectivity index is 1.66.